The number of benzene rings is 3. The van der Waals surface area contributed by atoms with Crippen molar-refractivity contribution in [2.24, 2.45) is 0 Å². The number of aromatic carboxylic acids is 1. The van der Waals surface area contributed by atoms with Crippen LogP contribution in [0.5, 0.6) is 5.75 Å². The average molecular weight is 377 g/mol. The summed E-state index contributed by atoms with van der Waals surface area (Å²) in [6.45, 7) is 0.194. The number of carbonyl (C=O) groups is 1. The number of hydrogen-bond acceptors (Lipinski definition) is 4. The molecule has 0 bridgehead atoms. The van der Waals surface area contributed by atoms with Crippen molar-refractivity contribution in [3.8, 4) is 5.75 Å². The van der Waals surface area contributed by atoms with Gasteiger partial charge in [-0.1, -0.05) is 42.5 Å². The molecule has 0 aliphatic carbocycles. The highest BCUT2D eigenvalue weighted by Gasteiger charge is 2.13. The van der Waals surface area contributed by atoms with E-state index in [-0.39, 0.29) is 17.9 Å². The van der Waals surface area contributed by atoms with E-state index in [0.717, 1.165) is 17.5 Å². The molecule has 3 aromatic rings. The Bertz CT molecular complexity index is 968. The van der Waals surface area contributed by atoms with Crippen molar-refractivity contribution in [2.75, 3.05) is 0 Å². The molecule has 0 aliphatic rings. The molecule has 1 N–H and O–H groups in total. The van der Waals surface area contributed by atoms with E-state index in [4.69, 9.17) is 9.84 Å². The number of carboxylic acid groups (broad SMARTS) is 1. The van der Waals surface area contributed by atoms with Crippen LogP contribution in [-0.4, -0.2) is 16.0 Å². The summed E-state index contributed by atoms with van der Waals surface area (Å²) in [6, 6.07) is 21.0. The molecule has 0 atom stereocenters. The van der Waals surface area contributed by atoms with Gasteiger partial charge in [-0.05, 0) is 47.7 Å². The number of nitrogens with zero attached hydrogens (tertiary/aromatic N) is 1. The SMILES string of the molecule is O=C(O)c1ccc(COc2cc([N+](=O)[O-])ccc2CCc2ccccc2)cc1. The predicted molar refractivity (Wildman–Crippen MR) is 105 cm³/mol. The number of carboxylic acids is 1. The topological polar surface area (TPSA) is 89.7 Å². The number of non-ortho nitro benzene ring substituents is 1. The van der Waals surface area contributed by atoms with Crippen molar-refractivity contribution in [1.29, 1.82) is 0 Å². The fourth-order valence-electron chi connectivity index (χ4n) is 2.83. The van der Waals surface area contributed by atoms with Crippen molar-refractivity contribution in [3.63, 3.8) is 0 Å². The fraction of sp³-hybridized carbons (Fsp3) is 0.136. The minimum Gasteiger partial charge on any atom is -0.488 e. The molecule has 3 aromatic carbocycles. The standard InChI is InChI=1S/C22H19NO5/c24-22(25)19-10-7-17(8-11-19)15-28-21-14-20(23(26)27)13-12-18(21)9-6-16-4-2-1-3-5-16/h1-5,7-8,10-14H,6,9,15H2,(H,24,25). The Labute approximate surface area is 162 Å². The second kappa shape index (κ2) is 8.81. The van der Waals surface area contributed by atoms with Crippen LogP contribution in [0, 0.1) is 10.1 Å². The number of hydrogen-bond donors (Lipinski definition) is 1. The smallest absolute Gasteiger partial charge is 0.335 e. The fourth-order valence-corrected chi connectivity index (χ4v) is 2.83. The van der Waals surface area contributed by atoms with Crippen LogP contribution >= 0.6 is 0 Å². The molecular formula is C22H19NO5. The van der Waals surface area contributed by atoms with Crippen molar-refractivity contribution in [1.82, 2.24) is 0 Å². The second-order valence-corrected chi connectivity index (χ2v) is 6.33. The van der Waals surface area contributed by atoms with Gasteiger partial charge in [-0.2, -0.15) is 0 Å². The van der Waals surface area contributed by atoms with Crippen LogP contribution in [0.2, 0.25) is 0 Å². The van der Waals surface area contributed by atoms with Crippen LogP contribution in [0.4, 0.5) is 5.69 Å². The first-order valence-corrected chi connectivity index (χ1v) is 8.79. The average Bonchev–Trinajstić information content (AvgIpc) is 2.72. The highest BCUT2D eigenvalue weighted by molar-refractivity contribution is 5.87. The summed E-state index contributed by atoms with van der Waals surface area (Å²) < 4.78 is 5.85. The van der Waals surface area contributed by atoms with Crippen molar-refractivity contribution in [3.05, 3.63) is 105 Å². The van der Waals surface area contributed by atoms with Gasteiger partial charge in [0.2, 0.25) is 0 Å². The molecule has 3 rings (SSSR count). The largest absolute Gasteiger partial charge is 0.488 e. The summed E-state index contributed by atoms with van der Waals surface area (Å²) in [7, 11) is 0. The molecule has 142 valence electrons. The Hall–Kier alpha value is -3.67. The lowest BCUT2D eigenvalue weighted by Gasteiger charge is -2.12. The first-order valence-electron chi connectivity index (χ1n) is 8.79. The highest BCUT2D eigenvalue weighted by atomic mass is 16.6. The molecule has 0 unspecified atom stereocenters. The molecule has 0 heterocycles. The maximum Gasteiger partial charge on any atom is 0.335 e. The molecule has 0 radical (unpaired) electrons. The van der Waals surface area contributed by atoms with Crippen molar-refractivity contribution < 1.29 is 19.6 Å². The number of rotatable bonds is 8. The van der Waals surface area contributed by atoms with E-state index in [1.807, 2.05) is 30.3 Å². The first-order chi connectivity index (χ1) is 13.5. The van der Waals surface area contributed by atoms with Gasteiger partial charge in [0.1, 0.15) is 12.4 Å². The molecular weight excluding hydrogens is 358 g/mol. The quantitative estimate of drug-likeness (QED) is 0.456. The minimum atomic E-state index is -0.991. The van der Waals surface area contributed by atoms with Gasteiger partial charge in [0.25, 0.3) is 5.69 Å². The summed E-state index contributed by atoms with van der Waals surface area (Å²) in [4.78, 5) is 21.6. The van der Waals surface area contributed by atoms with E-state index in [9.17, 15) is 14.9 Å². The molecule has 0 spiro atoms. The maximum atomic E-state index is 11.1. The van der Waals surface area contributed by atoms with E-state index in [1.165, 1.54) is 29.8 Å². The third kappa shape index (κ3) is 4.94. The van der Waals surface area contributed by atoms with E-state index >= 15 is 0 Å². The monoisotopic (exact) mass is 377 g/mol. The highest BCUT2D eigenvalue weighted by Crippen LogP contribution is 2.27. The van der Waals surface area contributed by atoms with Gasteiger partial charge in [-0.15, -0.1) is 0 Å². The van der Waals surface area contributed by atoms with Crippen LogP contribution in [0.3, 0.4) is 0 Å². The molecule has 0 saturated heterocycles. The third-order valence-corrected chi connectivity index (χ3v) is 4.38. The number of ether oxygens (including phenoxy) is 1. The summed E-state index contributed by atoms with van der Waals surface area (Å²) in [6.07, 6.45) is 1.48. The molecule has 28 heavy (non-hydrogen) atoms. The molecule has 6 heteroatoms. The van der Waals surface area contributed by atoms with Crippen LogP contribution in [0.15, 0.2) is 72.8 Å². The van der Waals surface area contributed by atoms with E-state index in [1.54, 1.807) is 18.2 Å². The normalized spacial score (nSPS) is 10.4. The minimum absolute atomic E-state index is 0.0281. The Morgan fingerprint density at radius 2 is 1.64 bits per heavy atom. The van der Waals surface area contributed by atoms with Crippen molar-refractivity contribution in [2.45, 2.75) is 19.4 Å². The van der Waals surface area contributed by atoms with Gasteiger partial charge >= 0.3 is 5.97 Å². The lowest BCUT2D eigenvalue weighted by Crippen LogP contribution is -2.02. The van der Waals surface area contributed by atoms with Gasteiger partial charge in [0, 0.05) is 6.07 Å². The summed E-state index contributed by atoms with van der Waals surface area (Å²) in [5.41, 5.74) is 3.01. The van der Waals surface area contributed by atoms with E-state index in [0.29, 0.717) is 12.2 Å². The van der Waals surface area contributed by atoms with E-state index in [2.05, 4.69) is 0 Å². The van der Waals surface area contributed by atoms with Gasteiger partial charge in [0.05, 0.1) is 16.6 Å². The van der Waals surface area contributed by atoms with Gasteiger partial charge in [-0.3, -0.25) is 10.1 Å². The van der Waals surface area contributed by atoms with Crippen LogP contribution < -0.4 is 4.74 Å². The molecule has 6 nitrogen and oxygen atoms in total. The second-order valence-electron chi connectivity index (χ2n) is 6.33. The zero-order chi connectivity index (χ0) is 19.9. The Kier molecular flexibility index (Phi) is 6.01. The lowest BCUT2D eigenvalue weighted by molar-refractivity contribution is -0.385. The molecule has 0 amide bonds. The van der Waals surface area contributed by atoms with Gasteiger partial charge < -0.3 is 9.84 Å². The molecule has 0 saturated carbocycles. The molecule has 0 aromatic heterocycles. The van der Waals surface area contributed by atoms with Gasteiger partial charge in [-0.25, -0.2) is 4.79 Å². The number of aryl methyl sites for hydroxylation is 2. The third-order valence-electron chi connectivity index (χ3n) is 4.38. The Morgan fingerprint density at radius 1 is 0.929 bits per heavy atom. The summed E-state index contributed by atoms with van der Waals surface area (Å²) >= 11 is 0. The first kappa shape index (κ1) is 19.1. The summed E-state index contributed by atoms with van der Waals surface area (Å²) in [5, 5.41) is 20.1. The van der Waals surface area contributed by atoms with Crippen LogP contribution in [0.25, 0.3) is 0 Å². The maximum absolute atomic E-state index is 11.1. The van der Waals surface area contributed by atoms with Crippen molar-refractivity contribution >= 4 is 11.7 Å². The van der Waals surface area contributed by atoms with Crippen LogP contribution in [-0.2, 0) is 19.4 Å². The zero-order valence-corrected chi connectivity index (χ0v) is 15.1. The molecule has 0 fully saturated rings. The van der Waals surface area contributed by atoms with Gasteiger partial charge in [0.15, 0.2) is 0 Å². The van der Waals surface area contributed by atoms with E-state index < -0.39 is 10.9 Å². The number of nitro groups is 1. The molecule has 0 aliphatic heterocycles. The predicted octanol–water partition coefficient (Wildman–Crippen LogP) is 4.66. The van der Waals surface area contributed by atoms with Crippen LogP contribution in [0.1, 0.15) is 27.0 Å². The number of nitro benzene ring substituents is 1. The summed E-state index contributed by atoms with van der Waals surface area (Å²) in [5.74, 6) is -0.526. The Balaban J connectivity index is 1.75. The Morgan fingerprint density at radius 3 is 2.29 bits per heavy atom. The zero-order valence-electron chi connectivity index (χ0n) is 15.1. The lowest BCUT2D eigenvalue weighted by atomic mass is 10.0.